The Morgan fingerprint density at radius 3 is 1.05 bits per heavy atom. The van der Waals surface area contributed by atoms with Gasteiger partial charge in [-0.1, -0.05) is 100 Å². The molecule has 15 nitrogen and oxygen atoms in total. The number of hydrogen-bond donors (Lipinski definition) is 0. The minimum atomic E-state index is -0.364. The summed E-state index contributed by atoms with van der Waals surface area (Å²) in [6.45, 7) is 15.4. The molecule has 15 heteroatoms. The van der Waals surface area contributed by atoms with E-state index in [-0.39, 0.29) is 12.0 Å². The molecular weight excluding hydrogens is 839 g/mol. The highest BCUT2D eigenvalue weighted by atomic mass is 16.6. The van der Waals surface area contributed by atoms with Crippen molar-refractivity contribution in [2.24, 2.45) is 0 Å². The van der Waals surface area contributed by atoms with Gasteiger partial charge >= 0.3 is 6.09 Å². The van der Waals surface area contributed by atoms with E-state index in [2.05, 4.69) is 31.2 Å². The zero-order valence-electron chi connectivity index (χ0n) is 39.9. The predicted octanol–water partition coefficient (Wildman–Crippen LogP) is 7.21. The van der Waals surface area contributed by atoms with Gasteiger partial charge in [0, 0.05) is 26.1 Å². The molecule has 0 N–H and O–H groups in total. The highest BCUT2D eigenvalue weighted by Gasteiger charge is 2.29. The van der Waals surface area contributed by atoms with E-state index in [0.717, 1.165) is 13.0 Å². The van der Waals surface area contributed by atoms with Crippen LogP contribution in [-0.2, 0) is 61.6 Å². The topological polar surface area (TPSA) is 140 Å². The maximum absolute atomic E-state index is 12.6. The number of fused-ring (bicyclic) bond motifs is 3. The molecule has 0 unspecified atom stereocenters. The fraction of sp³-hybridized carbons (Fsp3) is 0.740. The average Bonchev–Trinajstić information content (AvgIpc) is 3.65. The van der Waals surface area contributed by atoms with Crippen molar-refractivity contribution in [2.45, 2.75) is 64.2 Å². The van der Waals surface area contributed by atoms with Crippen LogP contribution in [-0.4, -0.2) is 190 Å². The smallest absolute Gasteiger partial charge is 0.409 e. The highest BCUT2D eigenvalue weighted by molar-refractivity contribution is 5.79. The van der Waals surface area contributed by atoms with Crippen molar-refractivity contribution in [2.75, 3.05) is 179 Å². The molecule has 0 aliphatic heterocycles. The van der Waals surface area contributed by atoms with Crippen LogP contribution in [0.5, 0.6) is 0 Å². The molecule has 372 valence electrons. The number of likely N-dealkylation sites (N-methyl/N-ethyl adjacent to an activating group) is 1. The molecule has 2 aromatic carbocycles. The number of ether oxygens (including phenoxy) is 13. The third kappa shape index (κ3) is 28.9. The van der Waals surface area contributed by atoms with E-state index < -0.39 is 0 Å². The van der Waals surface area contributed by atoms with Gasteiger partial charge in [-0.2, -0.15) is 0 Å². The second-order valence-electron chi connectivity index (χ2n) is 15.5. The molecule has 1 amide bonds. The Morgan fingerprint density at radius 2 is 0.692 bits per heavy atom. The summed E-state index contributed by atoms with van der Waals surface area (Å²) in [7, 11) is 1.72. The first-order valence-electron chi connectivity index (χ1n) is 24.2. The summed E-state index contributed by atoms with van der Waals surface area (Å²) in [5.74, 6) is 0.0370. The lowest BCUT2D eigenvalue weighted by molar-refractivity contribution is -0.0284. The fourth-order valence-corrected chi connectivity index (χ4v) is 6.86. The van der Waals surface area contributed by atoms with Crippen LogP contribution in [0.4, 0.5) is 4.79 Å². The Kier molecular flexibility index (Phi) is 36.0. The molecule has 0 bridgehead atoms. The van der Waals surface area contributed by atoms with Crippen LogP contribution < -0.4 is 0 Å². The molecule has 1 aliphatic carbocycles. The molecule has 0 aromatic heterocycles. The van der Waals surface area contributed by atoms with Crippen LogP contribution in [0.3, 0.4) is 0 Å². The molecule has 0 atom stereocenters. The lowest BCUT2D eigenvalue weighted by atomic mass is 9.98. The van der Waals surface area contributed by atoms with Gasteiger partial charge in [0.25, 0.3) is 0 Å². The summed E-state index contributed by atoms with van der Waals surface area (Å²) in [5, 5.41) is 0. The third-order valence-electron chi connectivity index (χ3n) is 10.5. The standard InChI is InChI=1S/C50H83NO14/c1-3-4-5-6-7-8-9-14-20-53-22-24-55-26-28-57-30-32-59-34-36-61-38-40-63-42-43-64-41-39-62-37-35-60-33-31-58-29-27-56-25-23-54-21-19-51(2)50(52)65-44-49-47-17-12-10-15-45(47)46-16-11-13-18-48(46)49/h10-13,15-18,49H,3-9,14,19-44H2,1-2H3. The van der Waals surface area contributed by atoms with Crippen molar-refractivity contribution in [3.8, 4) is 11.1 Å². The summed E-state index contributed by atoms with van der Waals surface area (Å²) in [4.78, 5) is 14.2. The number of carbonyl (C=O) groups is 1. The van der Waals surface area contributed by atoms with Crippen molar-refractivity contribution >= 4 is 6.09 Å². The van der Waals surface area contributed by atoms with Crippen molar-refractivity contribution in [3.05, 3.63) is 59.7 Å². The van der Waals surface area contributed by atoms with Crippen LogP contribution in [0, 0.1) is 0 Å². The molecule has 1 aliphatic rings. The molecule has 2 aromatic rings. The van der Waals surface area contributed by atoms with Crippen LogP contribution in [0.1, 0.15) is 75.3 Å². The number of carbonyl (C=O) groups excluding carboxylic acids is 1. The van der Waals surface area contributed by atoms with E-state index in [1.54, 1.807) is 7.05 Å². The number of rotatable bonds is 47. The Bertz CT molecular complexity index is 1340. The molecule has 0 heterocycles. The Labute approximate surface area is 390 Å². The van der Waals surface area contributed by atoms with Crippen molar-refractivity contribution in [1.29, 1.82) is 0 Å². The summed E-state index contributed by atoms with van der Waals surface area (Å²) in [6, 6.07) is 16.6. The molecule has 65 heavy (non-hydrogen) atoms. The van der Waals surface area contributed by atoms with Crippen molar-refractivity contribution in [1.82, 2.24) is 4.90 Å². The van der Waals surface area contributed by atoms with Crippen molar-refractivity contribution < 1.29 is 66.4 Å². The third-order valence-corrected chi connectivity index (χ3v) is 10.5. The van der Waals surface area contributed by atoms with E-state index in [0.29, 0.717) is 165 Å². The quantitative estimate of drug-likeness (QED) is 0.0618. The monoisotopic (exact) mass is 922 g/mol. The zero-order chi connectivity index (χ0) is 45.9. The van der Waals surface area contributed by atoms with Gasteiger partial charge in [0.05, 0.1) is 152 Å². The van der Waals surface area contributed by atoms with Gasteiger partial charge in [-0.3, -0.25) is 0 Å². The second kappa shape index (κ2) is 41.4. The number of amides is 1. The molecule has 0 saturated carbocycles. The minimum absolute atomic E-state index is 0.0370. The molecule has 0 saturated heterocycles. The molecule has 0 fully saturated rings. The maximum atomic E-state index is 12.6. The van der Waals surface area contributed by atoms with Crippen LogP contribution in [0.15, 0.2) is 48.5 Å². The zero-order valence-corrected chi connectivity index (χ0v) is 39.9. The molecule has 0 spiro atoms. The van der Waals surface area contributed by atoms with E-state index in [4.69, 9.17) is 61.6 Å². The summed E-state index contributed by atoms with van der Waals surface area (Å²) in [5.41, 5.74) is 4.80. The molecule has 3 rings (SSSR count). The van der Waals surface area contributed by atoms with E-state index >= 15 is 0 Å². The van der Waals surface area contributed by atoms with Gasteiger partial charge in [0.2, 0.25) is 0 Å². The number of nitrogens with zero attached hydrogens (tertiary/aromatic N) is 1. The van der Waals surface area contributed by atoms with E-state index in [1.165, 1.54) is 72.1 Å². The summed E-state index contributed by atoms with van der Waals surface area (Å²) < 4.78 is 72.3. The predicted molar refractivity (Wildman–Crippen MR) is 250 cm³/mol. The van der Waals surface area contributed by atoms with E-state index in [1.807, 2.05) is 24.3 Å². The normalized spacial score (nSPS) is 12.2. The molecule has 0 radical (unpaired) electrons. The number of hydrogen-bond acceptors (Lipinski definition) is 14. The SMILES string of the molecule is CCCCCCCCCCOCCOCCOCCOCCOCCOCCOCCOCCOCCOCCOCCOCCN(C)C(=O)OCC1c2ccccc2-c2ccccc21. The summed E-state index contributed by atoms with van der Waals surface area (Å²) >= 11 is 0. The van der Waals surface area contributed by atoms with E-state index in [9.17, 15) is 4.79 Å². The first kappa shape index (κ1) is 56.6. The van der Waals surface area contributed by atoms with Gasteiger partial charge in [0.1, 0.15) is 6.61 Å². The minimum Gasteiger partial charge on any atom is -0.448 e. The van der Waals surface area contributed by atoms with Crippen LogP contribution in [0.25, 0.3) is 11.1 Å². The largest absolute Gasteiger partial charge is 0.448 e. The number of unbranched alkanes of at least 4 members (excludes halogenated alkanes) is 7. The lowest BCUT2D eigenvalue weighted by Gasteiger charge is -2.19. The summed E-state index contributed by atoms with van der Waals surface area (Å²) in [6.07, 6.45) is 10.1. The first-order valence-corrected chi connectivity index (χ1v) is 24.2. The fourth-order valence-electron chi connectivity index (χ4n) is 6.86. The number of benzene rings is 2. The van der Waals surface area contributed by atoms with Gasteiger partial charge in [-0.15, -0.1) is 0 Å². The Morgan fingerprint density at radius 1 is 0.400 bits per heavy atom. The van der Waals surface area contributed by atoms with Gasteiger partial charge < -0.3 is 66.5 Å². The average molecular weight is 922 g/mol. The Balaban J connectivity index is 0.919. The highest BCUT2D eigenvalue weighted by Crippen LogP contribution is 2.44. The Hall–Kier alpha value is -2.77. The van der Waals surface area contributed by atoms with Gasteiger partial charge in [-0.05, 0) is 28.7 Å². The second-order valence-corrected chi connectivity index (χ2v) is 15.5. The van der Waals surface area contributed by atoms with Crippen LogP contribution in [0.2, 0.25) is 0 Å². The van der Waals surface area contributed by atoms with Gasteiger partial charge in [-0.25, -0.2) is 4.79 Å². The lowest BCUT2D eigenvalue weighted by Crippen LogP contribution is -2.32. The first-order chi connectivity index (χ1) is 32.2. The molecular formula is C50H83NO14. The van der Waals surface area contributed by atoms with Crippen molar-refractivity contribution in [3.63, 3.8) is 0 Å². The van der Waals surface area contributed by atoms with Crippen LogP contribution >= 0.6 is 0 Å². The van der Waals surface area contributed by atoms with Gasteiger partial charge in [0.15, 0.2) is 0 Å². The maximum Gasteiger partial charge on any atom is 0.409 e.